The van der Waals surface area contributed by atoms with Crippen LogP contribution in [-0.2, 0) is 0 Å². The fourth-order valence-corrected chi connectivity index (χ4v) is 4.86. The minimum atomic E-state index is 0.295. The zero-order valence-corrected chi connectivity index (χ0v) is 16.6. The summed E-state index contributed by atoms with van der Waals surface area (Å²) in [6.07, 6.45) is 0. The van der Waals surface area contributed by atoms with Crippen molar-refractivity contribution >= 4 is 38.8 Å². The van der Waals surface area contributed by atoms with Crippen molar-refractivity contribution in [2.45, 2.75) is 13.0 Å². The van der Waals surface area contributed by atoms with Gasteiger partial charge in [0.1, 0.15) is 16.3 Å². The predicted octanol–water partition coefficient (Wildman–Crippen LogP) is 4.84. The lowest BCUT2D eigenvalue weighted by Gasteiger charge is -2.38. The summed E-state index contributed by atoms with van der Waals surface area (Å²) in [5, 5.41) is 1.87. The average Bonchev–Trinajstić information content (AvgIpc) is 3.13. The number of hydrogen-bond donors (Lipinski definition) is 0. The van der Waals surface area contributed by atoms with Crippen LogP contribution in [0.2, 0.25) is 5.02 Å². The van der Waals surface area contributed by atoms with Gasteiger partial charge in [0, 0.05) is 26.2 Å². The molecule has 1 aliphatic rings. The van der Waals surface area contributed by atoms with Gasteiger partial charge in [0.25, 0.3) is 0 Å². The number of methoxy groups -OCH3 is 1. The smallest absolute Gasteiger partial charge is 0.142 e. The Morgan fingerprint density at radius 3 is 2.58 bits per heavy atom. The Labute approximate surface area is 163 Å². The number of rotatable bonds is 4. The van der Waals surface area contributed by atoms with E-state index in [-0.39, 0.29) is 0 Å². The molecule has 0 aliphatic carbocycles. The molecule has 0 N–H and O–H groups in total. The SMILES string of the molecule is COc1ccccc1N1CCN(C(C)c2nc3c(Cl)cccc3s2)CC1. The molecule has 0 saturated carbocycles. The van der Waals surface area contributed by atoms with E-state index in [0.717, 1.165) is 52.2 Å². The van der Waals surface area contributed by atoms with Gasteiger partial charge < -0.3 is 9.64 Å². The molecule has 1 unspecified atom stereocenters. The van der Waals surface area contributed by atoms with Crippen LogP contribution >= 0.6 is 22.9 Å². The topological polar surface area (TPSA) is 28.6 Å². The summed E-state index contributed by atoms with van der Waals surface area (Å²) in [6, 6.07) is 14.5. The number of nitrogens with zero attached hydrogens (tertiary/aromatic N) is 3. The highest BCUT2D eigenvalue weighted by atomic mass is 35.5. The van der Waals surface area contributed by atoms with Crippen LogP contribution in [0, 0.1) is 0 Å². The second-order valence-corrected chi connectivity index (χ2v) is 7.98. The summed E-state index contributed by atoms with van der Waals surface area (Å²) in [4.78, 5) is 9.70. The molecule has 2 aromatic carbocycles. The number of benzene rings is 2. The maximum atomic E-state index is 6.29. The van der Waals surface area contributed by atoms with Crippen LogP contribution in [-0.4, -0.2) is 43.2 Å². The van der Waals surface area contributed by atoms with Gasteiger partial charge in [0.15, 0.2) is 0 Å². The molecule has 1 aliphatic heterocycles. The van der Waals surface area contributed by atoms with E-state index in [2.05, 4.69) is 34.9 Å². The Kier molecular flexibility index (Phi) is 5.02. The lowest BCUT2D eigenvalue weighted by atomic mass is 10.2. The van der Waals surface area contributed by atoms with Gasteiger partial charge in [-0.3, -0.25) is 4.90 Å². The van der Waals surface area contributed by atoms with Crippen LogP contribution in [0.25, 0.3) is 10.2 Å². The molecule has 136 valence electrons. The molecule has 4 rings (SSSR count). The molecule has 0 bridgehead atoms. The summed E-state index contributed by atoms with van der Waals surface area (Å²) < 4.78 is 6.67. The van der Waals surface area contributed by atoms with Crippen LogP contribution in [0.5, 0.6) is 5.75 Å². The highest BCUT2D eigenvalue weighted by Gasteiger charge is 2.25. The first kappa shape index (κ1) is 17.6. The van der Waals surface area contributed by atoms with Gasteiger partial charge in [-0.2, -0.15) is 0 Å². The van der Waals surface area contributed by atoms with E-state index >= 15 is 0 Å². The van der Waals surface area contributed by atoms with Gasteiger partial charge in [0.2, 0.25) is 0 Å². The van der Waals surface area contributed by atoms with E-state index in [1.54, 1.807) is 18.4 Å². The molecule has 3 aromatic rings. The number of thiazole rings is 1. The maximum absolute atomic E-state index is 6.29. The Bertz CT molecular complexity index is 905. The van der Waals surface area contributed by atoms with Crippen LogP contribution in [0.4, 0.5) is 5.69 Å². The molecule has 0 spiro atoms. The number of ether oxygens (including phenoxy) is 1. The van der Waals surface area contributed by atoms with E-state index in [1.807, 2.05) is 24.3 Å². The zero-order valence-electron chi connectivity index (χ0n) is 15.0. The summed E-state index contributed by atoms with van der Waals surface area (Å²) in [6.45, 7) is 6.21. The highest BCUT2D eigenvalue weighted by Crippen LogP contribution is 2.34. The summed E-state index contributed by atoms with van der Waals surface area (Å²) in [5.74, 6) is 0.940. The molecule has 6 heteroatoms. The van der Waals surface area contributed by atoms with Gasteiger partial charge in [-0.15, -0.1) is 11.3 Å². The molecule has 1 aromatic heterocycles. The molecule has 1 fully saturated rings. The average molecular weight is 388 g/mol. The van der Waals surface area contributed by atoms with Gasteiger partial charge in [-0.1, -0.05) is 29.8 Å². The van der Waals surface area contributed by atoms with Gasteiger partial charge >= 0.3 is 0 Å². The third-order valence-electron chi connectivity index (χ3n) is 5.03. The molecule has 1 saturated heterocycles. The van der Waals surface area contributed by atoms with Crippen LogP contribution in [0.15, 0.2) is 42.5 Å². The fourth-order valence-electron chi connectivity index (χ4n) is 3.51. The second kappa shape index (κ2) is 7.43. The Balaban J connectivity index is 1.47. The van der Waals surface area contributed by atoms with Gasteiger partial charge in [-0.25, -0.2) is 4.98 Å². The van der Waals surface area contributed by atoms with Crippen molar-refractivity contribution in [3.8, 4) is 5.75 Å². The van der Waals surface area contributed by atoms with Crippen LogP contribution in [0.1, 0.15) is 18.0 Å². The molecular formula is C20H22ClN3OS. The number of anilines is 1. The number of para-hydroxylation sites is 3. The number of hydrogen-bond acceptors (Lipinski definition) is 5. The zero-order chi connectivity index (χ0) is 18.1. The van der Waals surface area contributed by atoms with E-state index in [9.17, 15) is 0 Å². The normalized spacial score (nSPS) is 16.8. The first-order chi connectivity index (χ1) is 12.7. The Morgan fingerprint density at radius 2 is 1.85 bits per heavy atom. The number of fused-ring (bicyclic) bond motifs is 1. The minimum Gasteiger partial charge on any atom is -0.495 e. The summed E-state index contributed by atoms with van der Waals surface area (Å²) in [7, 11) is 1.73. The van der Waals surface area contributed by atoms with Gasteiger partial charge in [-0.05, 0) is 31.2 Å². The number of aromatic nitrogens is 1. The van der Waals surface area contributed by atoms with E-state index in [0.29, 0.717) is 6.04 Å². The first-order valence-electron chi connectivity index (χ1n) is 8.84. The van der Waals surface area contributed by atoms with E-state index < -0.39 is 0 Å². The predicted molar refractivity (Wildman–Crippen MR) is 110 cm³/mol. The second-order valence-electron chi connectivity index (χ2n) is 6.51. The largest absolute Gasteiger partial charge is 0.495 e. The Morgan fingerprint density at radius 1 is 1.08 bits per heavy atom. The number of halogens is 1. The lowest BCUT2D eigenvalue weighted by Crippen LogP contribution is -2.47. The lowest BCUT2D eigenvalue weighted by molar-refractivity contribution is 0.198. The Hall–Kier alpha value is -1.82. The van der Waals surface area contributed by atoms with Crippen molar-refractivity contribution < 1.29 is 4.74 Å². The van der Waals surface area contributed by atoms with Crippen molar-refractivity contribution in [1.29, 1.82) is 0 Å². The molecule has 2 heterocycles. The van der Waals surface area contributed by atoms with Crippen molar-refractivity contribution in [3.05, 3.63) is 52.5 Å². The van der Waals surface area contributed by atoms with Crippen molar-refractivity contribution in [3.63, 3.8) is 0 Å². The molecule has 1 atom stereocenters. The highest BCUT2D eigenvalue weighted by molar-refractivity contribution is 7.18. The monoisotopic (exact) mass is 387 g/mol. The first-order valence-corrected chi connectivity index (χ1v) is 10.0. The minimum absolute atomic E-state index is 0.295. The summed E-state index contributed by atoms with van der Waals surface area (Å²) >= 11 is 8.03. The standard InChI is InChI=1S/C20H22ClN3OS/c1-14(20-22-19-15(21)6-5-9-18(19)26-20)23-10-12-24(13-11-23)16-7-3-4-8-17(16)25-2/h3-9,14H,10-13H2,1-2H3. The quantitative estimate of drug-likeness (QED) is 0.640. The van der Waals surface area contributed by atoms with Crippen LogP contribution in [0.3, 0.4) is 0 Å². The van der Waals surface area contributed by atoms with Crippen molar-refractivity contribution in [1.82, 2.24) is 9.88 Å². The van der Waals surface area contributed by atoms with Gasteiger partial charge in [0.05, 0.1) is 28.6 Å². The maximum Gasteiger partial charge on any atom is 0.142 e. The van der Waals surface area contributed by atoms with E-state index in [1.165, 1.54) is 5.69 Å². The van der Waals surface area contributed by atoms with Crippen molar-refractivity contribution in [2.75, 3.05) is 38.2 Å². The molecule has 4 nitrogen and oxygen atoms in total. The van der Waals surface area contributed by atoms with E-state index in [4.69, 9.17) is 21.3 Å². The third-order valence-corrected chi connectivity index (χ3v) is 6.53. The fraction of sp³-hybridized carbons (Fsp3) is 0.350. The molecule has 26 heavy (non-hydrogen) atoms. The number of piperazine rings is 1. The molecular weight excluding hydrogens is 366 g/mol. The van der Waals surface area contributed by atoms with Crippen molar-refractivity contribution in [2.24, 2.45) is 0 Å². The molecule has 0 radical (unpaired) electrons. The molecule has 0 amide bonds. The van der Waals surface area contributed by atoms with Crippen LogP contribution < -0.4 is 9.64 Å². The summed E-state index contributed by atoms with van der Waals surface area (Å²) in [5.41, 5.74) is 2.10. The third kappa shape index (κ3) is 3.27.